The molecule has 0 unspecified atom stereocenters. The van der Waals surface area contributed by atoms with Gasteiger partial charge in [0, 0.05) is 28.7 Å². The quantitative estimate of drug-likeness (QED) is 0.219. The maximum atomic E-state index is 14.1. The molecule has 0 fully saturated rings. The summed E-state index contributed by atoms with van der Waals surface area (Å²) >= 11 is 4.86. The minimum Gasteiger partial charge on any atom is -0.496 e. The molecule has 3 heterocycles. The highest BCUT2D eigenvalue weighted by Crippen LogP contribution is 2.35. The molecule has 0 saturated heterocycles. The van der Waals surface area contributed by atoms with E-state index in [1.807, 2.05) is 49.4 Å². The largest absolute Gasteiger partial charge is 0.496 e. The van der Waals surface area contributed by atoms with Gasteiger partial charge in [-0.3, -0.25) is 9.36 Å². The number of rotatable bonds is 7. The number of aromatic nitrogens is 2. The van der Waals surface area contributed by atoms with Gasteiger partial charge in [0.2, 0.25) is 0 Å². The number of halogens is 1. The molecule has 0 aliphatic carbocycles. The van der Waals surface area contributed by atoms with Gasteiger partial charge in [-0.2, -0.15) is 0 Å². The van der Waals surface area contributed by atoms with E-state index in [2.05, 4.69) is 39.2 Å². The topological polar surface area (TPSA) is 74.8 Å². The lowest BCUT2D eigenvalue weighted by molar-refractivity contribution is -0.139. The molecule has 0 radical (unpaired) electrons. The average molecular weight is 607 g/mol. The molecule has 0 bridgehead atoms. The number of hydrogen-bond acceptors (Lipinski definition) is 6. The summed E-state index contributed by atoms with van der Waals surface area (Å²) in [6.45, 7) is 10.4. The predicted molar refractivity (Wildman–Crippen MR) is 158 cm³/mol. The van der Waals surface area contributed by atoms with Crippen LogP contribution in [0.15, 0.2) is 80.6 Å². The van der Waals surface area contributed by atoms with Crippen LogP contribution in [0.2, 0.25) is 0 Å². The summed E-state index contributed by atoms with van der Waals surface area (Å²) in [5.41, 5.74) is 4.49. The maximum absolute atomic E-state index is 14.1. The minimum absolute atomic E-state index is 0.215. The van der Waals surface area contributed by atoms with Crippen LogP contribution in [0.1, 0.15) is 36.7 Å². The summed E-state index contributed by atoms with van der Waals surface area (Å²) in [6.07, 6.45) is 3.80. The molecule has 4 aromatic rings. The Balaban J connectivity index is 1.77. The van der Waals surface area contributed by atoms with Gasteiger partial charge < -0.3 is 14.0 Å². The normalized spacial score (nSPS) is 15.3. The Morgan fingerprint density at radius 3 is 2.69 bits per heavy atom. The van der Waals surface area contributed by atoms with Gasteiger partial charge in [-0.1, -0.05) is 41.7 Å². The number of ether oxygens (including phenoxy) is 2. The van der Waals surface area contributed by atoms with Crippen LogP contribution in [-0.2, 0) is 16.1 Å². The van der Waals surface area contributed by atoms with Crippen molar-refractivity contribution in [3.63, 3.8) is 0 Å². The summed E-state index contributed by atoms with van der Waals surface area (Å²) < 4.78 is 15.8. The summed E-state index contributed by atoms with van der Waals surface area (Å²) in [6, 6.07) is 13.0. The minimum atomic E-state index is -0.701. The predicted octanol–water partition coefficient (Wildman–Crippen LogP) is 5.02. The van der Waals surface area contributed by atoms with E-state index in [1.165, 1.54) is 11.3 Å². The average Bonchev–Trinajstić information content (AvgIpc) is 3.36. The van der Waals surface area contributed by atoms with Crippen LogP contribution in [0.5, 0.6) is 5.75 Å². The fourth-order valence-corrected chi connectivity index (χ4v) is 6.68. The molecule has 0 amide bonds. The number of thiazole rings is 1. The lowest BCUT2D eigenvalue weighted by Crippen LogP contribution is -2.40. The Morgan fingerprint density at radius 1 is 1.23 bits per heavy atom. The molecule has 1 aliphatic heterocycles. The van der Waals surface area contributed by atoms with Crippen molar-refractivity contribution in [3.05, 3.63) is 107 Å². The van der Waals surface area contributed by atoms with Crippen molar-refractivity contribution in [2.75, 3.05) is 13.7 Å². The van der Waals surface area contributed by atoms with E-state index in [-0.39, 0.29) is 12.2 Å². The van der Waals surface area contributed by atoms with E-state index in [0.717, 1.165) is 27.7 Å². The summed E-state index contributed by atoms with van der Waals surface area (Å²) in [4.78, 5) is 32.5. The number of benzene rings is 2. The summed E-state index contributed by atoms with van der Waals surface area (Å²) in [5, 5.41) is 1.06. The number of carbonyl (C=O) groups excluding carboxylic acids is 1. The highest BCUT2D eigenvalue weighted by atomic mass is 79.9. The number of allylic oxidation sites excluding steroid dienone is 2. The summed E-state index contributed by atoms with van der Waals surface area (Å²) in [7, 11) is 1.59. The van der Waals surface area contributed by atoms with Crippen LogP contribution in [0.3, 0.4) is 0 Å². The molecular weight excluding hydrogens is 578 g/mol. The van der Waals surface area contributed by atoms with E-state index >= 15 is 0 Å². The highest BCUT2D eigenvalue weighted by molar-refractivity contribution is 9.10. The van der Waals surface area contributed by atoms with E-state index in [4.69, 9.17) is 14.5 Å². The van der Waals surface area contributed by atoms with Crippen molar-refractivity contribution < 1.29 is 14.3 Å². The van der Waals surface area contributed by atoms with Crippen molar-refractivity contribution in [1.82, 2.24) is 9.13 Å². The lowest BCUT2D eigenvalue weighted by Gasteiger charge is -2.25. The van der Waals surface area contributed by atoms with Crippen molar-refractivity contribution in [3.8, 4) is 5.75 Å². The van der Waals surface area contributed by atoms with Crippen LogP contribution in [0.25, 0.3) is 17.0 Å². The van der Waals surface area contributed by atoms with Crippen LogP contribution in [0.4, 0.5) is 0 Å². The second-order valence-electron chi connectivity index (χ2n) is 9.11. The van der Waals surface area contributed by atoms with Gasteiger partial charge in [-0.25, -0.2) is 9.79 Å². The maximum Gasteiger partial charge on any atom is 0.338 e. The number of hydrogen-bond donors (Lipinski definition) is 0. The molecule has 0 N–H and O–H groups in total. The third-order valence-corrected chi connectivity index (χ3v) is 8.48. The SMILES string of the molecule is C=CCn1c(C)c(/C=c2\sc3n(c2=O)[C@@H](c2ccc(OC)c(Br)c2)C(C(=O)OCC)=C(C)N=3)c2ccccc21. The second kappa shape index (κ2) is 10.8. The van der Waals surface area contributed by atoms with E-state index in [1.54, 1.807) is 25.5 Å². The van der Waals surface area contributed by atoms with E-state index in [9.17, 15) is 9.59 Å². The number of para-hydroxylation sites is 1. The molecule has 1 atom stereocenters. The van der Waals surface area contributed by atoms with Crippen molar-refractivity contribution in [1.29, 1.82) is 0 Å². The molecule has 1 aliphatic rings. The zero-order valence-corrected chi connectivity index (χ0v) is 24.6. The van der Waals surface area contributed by atoms with Gasteiger partial charge in [0.25, 0.3) is 5.56 Å². The number of carbonyl (C=O) groups is 1. The smallest absolute Gasteiger partial charge is 0.338 e. The number of methoxy groups -OCH3 is 1. The van der Waals surface area contributed by atoms with Gasteiger partial charge in [-0.15, -0.1) is 6.58 Å². The Kier molecular flexibility index (Phi) is 7.46. The Hall–Kier alpha value is -3.69. The Bertz CT molecular complexity index is 1840. The van der Waals surface area contributed by atoms with Crippen LogP contribution < -0.4 is 19.6 Å². The molecule has 2 aromatic carbocycles. The first-order chi connectivity index (χ1) is 18.8. The Morgan fingerprint density at radius 2 is 2.00 bits per heavy atom. The fraction of sp³-hybridized carbons (Fsp3) is 0.233. The first kappa shape index (κ1) is 26.9. The standard InChI is InChI=1S/C30H28BrN3O4S/c1-6-14-33-18(4)21(20-10-8-9-11-23(20)33)16-25-28(35)34-27(19-12-13-24(37-5)22(31)15-19)26(29(36)38-7-2)17(3)32-30(34)39-25/h6,8-13,15-16,27H,1,7,14H2,2-5H3/b25-16-/t27-/m0/s1. The number of esters is 1. The Labute approximate surface area is 238 Å². The third kappa shape index (κ3) is 4.59. The summed E-state index contributed by atoms with van der Waals surface area (Å²) in [5.74, 6) is 0.157. The first-order valence-corrected chi connectivity index (χ1v) is 14.1. The fourth-order valence-electron chi connectivity index (χ4n) is 5.10. The molecule has 200 valence electrons. The van der Waals surface area contributed by atoms with Crippen LogP contribution >= 0.6 is 27.3 Å². The third-order valence-electron chi connectivity index (χ3n) is 6.88. The highest BCUT2D eigenvalue weighted by Gasteiger charge is 2.33. The first-order valence-electron chi connectivity index (χ1n) is 12.5. The molecule has 39 heavy (non-hydrogen) atoms. The lowest BCUT2D eigenvalue weighted by atomic mass is 9.96. The van der Waals surface area contributed by atoms with Crippen molar-refractivity contribution in [2.45, 2.75) is 33.4 Å². The van der Waals surface area contributed by atoms with Crippen molar-refractivity contribution in [2.24, 2.45) is 4.99 Å². The van der Waals surface area contributed by atoms with E-state index < -0.39 is 12.0 Å². The van der Waals surface area contributed by atoms with Crippen LogP contribution in [-0.4, -0.2) is 28.8 Å². The molecule has 0 spiro atoms. The number of fused-ring (bicyclic) bond motifs is 2. The van der Waals surface area contributed by atoms with Crippen molar-refractivity contribution >= 4 is 50.2 Å². The zero-order chi connectivity index (χ0) is 27.8. The molecular formula is C30H28BrN3O4S. The molecule has 9 heteroatoms. The molecule has 5 rings (SSSR count). The van der Waals surface area contributed by atoms with Gasteiger partial charge in [0.05, 0.1) is 40.0 Å². The van der Waals surface area contributed by atoms with Gasteiger partial charge >= 0.3 is 5.97 Å². The van der Waals surface area contributed by atoms with Crippen LogP contribution in [0, 0.1) is 6.92 Å². The molecule has 0 saturated carbocycles. The monoisotopic (exact) mass is 605 g/mol. The van der Waals surface area contributed by atoms with Gasteiger partial charge in [-0.05, 0) is 66.5 Å². The van der Waals surface area contributed by atoms with E-state index in [0.29, 0.717) is 37.4 Å². The van der Waals surface area contributed by atoms with Gasteiger partial charge in [0.15, 0.2) is 4.80 Å². The molecule has 7 nitrogen and oxygen atoms in total. The zero-order valence-electron chi connectivity index (χ0n) is 22.2. The number of nitrogens with zero attached hydrogens (tertiary/aromatic N) is 3. The second-order valence-corrected chi connectivity index (χ2v) is 11.0. The molecule has 2 aromatic heterocycles. The van der Waals surface area contributed by atoms with Gasteiger partial charge in [0.1, 0.15) is 5.75 Å².